The van der Waals surface area contributed by atoms with Gasteiger partial charge in [0.1, 0.15) is 13.2 Å². The smallest absolute Gasteiger partial charge is 0.298 e. The Balaban J connectivity index is 2.35. The predicted molar refractivity (Wildman–Crippen MR) is 63.4 cm³/mol. The highest BCUT2D eigenvalue weighted by Gasteiger charge is 2.17. The lowest BCUT2D eigenvalue weighted by Gasteiger charge is -2.20. The van der Waals surface area contributed by atoms with Crippen molar-refractivity contribution in [1.29, 1.82) is 0 Å². The van der Waals surface area contributed by atoms with Gasteiger partial charge in [-0.15, -0.1) is 0 Å². The number of benzene rings is 1. The van der Waals surface area contributed by atoms with Crippen molar-refractivity contribution in [3.8, 4) is 11.5 Å². The summed E-state index contributed by atoms with van der Waals surface area (Å²) in [6.45, 7) is 0.878. The van der Waals surface area contributed by atoms with Crippen LogP contribution < -0.4 is 24.7 Å². The summed E-state index contributed by atoms with van der Waals surface area (Å²) in [5.41, 5.74) is 6.24. The van der Waals surface area contributed by atoms with Gasteiger partial charge >= 0.3 is 0 Å². The van der Waals surface area contributed by atoms with Gasteiger partial charge in [-0.3, -0.25) is 4.72 Å². The molecular weight excluding hydrogens is 246 g/mol. The third-order valence-corrected chi connectivity index (χ3v) is 3.25. The van der Waals surface area contributed by atoms with Crippen molar-refractivity contribution >= 4 is 21.6 Å². The first-order valence-electron chi connectivity index (χ1n) is 4.92. The van der Waals surface area contributed by atoms with Gasteiger partial charge in [0.05, 0.1) is 11.4 Å². The Hall–Kier alpha value is -1.67. The van der Waals surface area contributed by atoms with Crippen molar-refractivity contribution in [3.63, 3.8) is 0 Å². The molecule has 0 aromatic heterocycles. The lowest BCUT2D eigenvalue weighted by molar-refractivity contribution is 0.172. The summed E-state index contributed by atoms with van der Waals surface area (Å²) in [5.74, 6) is 0.986. The monoisotopic (exact) mass is 259 g/mol. The number of hydrogen-bond acceptors (Lipinski definition) is 5. The van der Waals surface area contributed by atoms with Gasteiger partial charge in [0.25, 0.3) is 10.2 Å². The first-order chi connectivity index (χ1) is 8.02. The molecule has 0 amide bonds. The van der Waals surface area contributed by atoms with E-state index in [1.807, 2.05) is 0 Å². The number of fused-ring (bicyclic) bond motifs is 1. The van der Waals surface area contributed by atoms with Crippen LogP contribution in [0.4, 0.5) is 11.4 Å². The van der Waals surface area contributed by atoms with E-state index in [1.165, 1.54) is 19.2 Å². The molecule has 1 aromatic carbocycles. The molecule has 7 nitrogen and oxygen atoms in total. The van der Waals surface area contributed by atoms with E-state index in [2.05, 4.69) is 9.44 Å². The summed E-state index contributed by atoms with van der Waals surface area (Å²) >= 11 is 0. The number of anilines is 2. The minimum absolute atomic E-state index is 0.253. The van der Waals surface area contributed by atoms with Crippen molar-refractivity contribution in [2.75, 3.05) is 30.7 Å². The van der Waals surface area contributed by atoms with Crippen LogP contribution in [0.25, 0.3) is 0 Å². The molecule has 2 rings (SSSR count). The fourth-order valence-corrected chi connectivity index (χ4v) is 1.96. The molecule has 0 radical (unpaired) electrons. The van der Waals surface area contributed by atoms with Crippen LogP contribution in [0.3, 0.4) is 0 Å². The molecule has 94 valence electrons. The van der Waals surface area contributed by atoms with E-state index < -0.39 is 10.2 Å². The second kappa shape index (κ2) is 4.30. The standard InChI is InChI=1S/C9H13N3O4S/c1-11-17(13,14)12-7-5-9-8(4-6(7)10)15-2-3-16-9/h4-5,11-12H,2-3,10H2,1H3. The quantitative estimate of drug-likeness (QED) is 0.659. The molecule has 4 N–H and O–H groups in total. The third kappa shape index (κ3) is 2.53. The Kier molecular flexibility index (Phi) is 2.99. The van der Waals surface area contributed by atoms with Gasteiger partial charge in [0.15, 0.2) is 11.5 Å². The molecule has 0 unspecified atom stereocenters. The van der Waals surface area contributed by atoms with Gasteiger partial charge in [-0.05, 0) is 0 Å². The van der Waals surface area contributed by atoms with Crippen LogP contribution in [0, 0.1) is 0 Å². The minimum Gasteiger partial charge on any atom is -0.486 e. The third-order valence-electron chi connectivity index (χ3n) is 2.23. The number of hydrogen-bond donors (Lipinski definition) is 3. The normalized spacial score (nSPS) is 14.4. The minimum atomic E-state index is -3.60. The van der Waals surface area contributed by atoms with Crippen LogP contribution in [0.15, 0.2) is 12.1 Å². The van der Waals surface area contributed by atoms with E-state index in [0.717, 1.165) is 0 Å². The summed E-state index contributed by atoms with van der Waals surface area (Å²) in [6.07, 6.45) is 0. The van der Waals surface area contributed by atoms with Crippen LogP contribution in [0.5, 0.6) is 11.5 Å². The lowest BCUT2D eigenvalue weighted by Crippen LogP contribution is -2.27. The molecule has 0 aliphatic carbocycles. The molecule has 17 heavy (non-hydrogen) atoms. The first-order valence-corrected chi connectivity index (χ1v) is 6.40. The van der Waals surface area contributed by atoms with Gasteiger partial charge in [-0.1, -0.05) is 0 Å². The maximum atomic E-state index is 11.3. The number of nitrogens with one attached hydrogen (secondary N) is 2. The second-order valence-electron chi connectivity index (χ2n) is 3.39. The van der Waals surface area contributed by atoms with Gasteiger partial charge < -0.3 is 15.2 Å². The summed E-state index contributed by atoms with van der Waals surface area (Å²) in [6, 6.07) is 3.03. The summed E-state index contributed by atoms with van der Waals surface area (Å²) in [5, 5.41) is 0. The van der Waals surface area contributed by atoms with E-state index >= 15 is 0 Å². The van der Waals surface area contributed by atoms with Gasteiger partial charge in [0, 0.05) is 19.2 Å². The molecule has 0 saturated heterocycles. The molecule has 0 spiro atoms. The fraction of sp³-hybridized carbons (Fsp3) is 0.333. The molecule has 0 fully saturated rings. The SMILES string of the molecule is CNS(=O)(=O)Nc1cc2c(cc1N)OCCO2. The van der Waals surface area contributed by atoms with Crippen molar-refractivity contribution in [1.82, 2.24) is 4.72 Å². The Morgan fingerprint density at radius 1 is 1.24 bits per heavy atom. The van der Waals surface area contributed by atoms with Crippen LogP contribution in [0.2, 0.25) is 0 Å². The summed E-state index contributed by atoms with van der Waals surface area (Å²) in [7, 11) is -2.30. The zero-order valence-corrected chi connectivity index (χ0v) is 10.0. The number of nitrogen functional groups attached to an aromatic ring is 1. The Bertz CT molecular complexity index is 529. The van der Waals surface area contributed by atoms with Crippen molar-refractivity contribution in [3.05, 3.63) is 12.1 Å². The average Bonchev–Trinajstić information content (AvgIpc) is 2.30. The largest absolute Gasteiger partial charge is 0.486 e. The molecule has 0 bridgehead atoms. The van der Waals surface area contributed by atoms with Crippen molar-refractivity contribution < 1.29 is 17.9 Å². The number of rotatable bonds is 3. The zero-order chi connectivity index (χ0) is 12.5. The van der Waals surface area contributed by atoms with Gasteiger partial charge in [-0.25, -0.2) is 4.72 Å². The maximum Gasteiger partial charge on any atom is 0.298 e. The molecule has 0 atom stereocenters. The van der Waals surface area contributed by atoms with E-state index in [0.29, 0.717) is 24.7 Å². The highest BCUT2D eigenvalue weighted by Crippen LogP contribution is 2.37. The van der Waals surface area contributed by atoms with Gasteiger partial charge in [-0.2, -0.15) is 8.42 Å². The van der Waals surface area contributed by atoms with E-state index in [1.54, 1.807) is 0 Å². The van der Waals surface area contributed by atoms with Crippen molar-refractivity contribution in [2.24, 2.45) is 0 Å². The molecule has 1 aromatic rings. The van der Waals surface area contributed by atoms with Crippen molar-refractivity contribution in [2.45, 2.75) is 0 Å². The summed E-state index contributed by atoms with van der Waals surface area (Å²) < 4.78 is 37.7. The second-order valence-corrected chi connectivity index (χ2v) is 5.01. The molecule has 1 aliphatic heterocycles. The van der Waals surface area contributed by atoms with E-state index in [-0.39, 0.29) is 11.4 Å². The predicted octanol–water partition coefficient (Wildman–Crippen LogP) is -0.0839. The van der Waals surface area contributed by atoms with Crippen LogP contribution in [0.1, 0.15) is 0 Å². The average molecular weight is 259 g/mol. The van der Waals surface area contributed by atoms with Gasteiger partial charge in [0.2, 0.25) is 0 Å². The number of ether oxygens (including phenoxy) is 2. The lowest BCUT2D eigenvalue weighted by atomic mass is 10.2. The topological polar surface area (TPSA) is 103 Å². The Morgan fingerprint density at radius 3 is 2.41 bits per heavy atom. The Labute approximate surface area is 99.1 Å². The van der Waals surface area contributed by atoms with Crippen LogP contribution in [-0.4, -0.2) is 28.7 Å². The molecule has 1 aliphatic rings. The highest BCUT2D eigenvalue weighted by atomic mass is 32.2. The molecule has 1 heterocycles. The first kappa shape index (κ1) is 11.8. The highest BCUT2D eigenvalue weighted by molar-refractivity contribution is 7.90. The zero-order valence-electron chi connectivity index (χ0n) is 9.19. The fourth-order valence-electron chi connectivity index (χ4n) is 1.39. The number of nitrogens with two attached hydrogens (primary N) is 1. The molecular formula is C9H13N3O4S. The molecule has 0 saturated carbocycles. The van der Waals surface area contributed by atoms with E-state index in [9.17, 15) is 8.42 Å². The van der Waals surface area contributed by atoms with Crippen LogP contribution >= 0.6 is 0 Å². The van der Waals surface area contributed by atoms with Crippen LogP contribution in [-0.2, 0) is 10.2 Å². The summed E-state index contributed by atoms with van der Waals surface area (Å²) in [4.78, 5) is 0. The molecule has 8 heteroatoms. The Morgan fingerprint density at radius 2 is 1.82 bits per heavy atom. The maximum absolute atomic E-state index is 11.3. The van der Waals surface area contributed by atoms with E-state index in [4.69, 9.17) is 15.2 Å².